The van der Waals surface area contributed by atoms with Gasteiger partial charge >= 0.3 is 0 Å². The van der Waals surface area contributed by atoms with E-state index in [4.69, 9.17) is 4.74 Å². The highest BCUT2D eigenvalue weighted by Crippen LogP contribution is 1.88. The van der Waals surface area contributed by atoms with Crippen LogP contribution in [0.1, 0.15) is 26.7 Å². The summed E-state index contributed by atoms with van der Waals surface area (Å²) in [4.78, 5) is 0. The lowest BCUT2D eigenvalue weighted by atomic mass is 10.3. The Labute approximate surface area is 76.0 Å². The van der Waals surface area contributed by atoms with Gasteiger partial charge in [0.15, 0.2) is 0 Å². The van der Waals surface area contributed by atoms with Crippen LogP contribution in [0.25, 0.3) is 0 Å². The first-order chi connectivity index (χ1) is 5.77. The molecule has 0 saturated carbocycles. The Bertz CT molecular complexity index is 117. The predicted octanol–water partition coefficient (Wildman–Crippen LogP) is 1.97. The minimum Gasteiger partial charge on any atom is -0.385 e. The van der Waals surface area contributed by atoms with Crippen LogP contribution >= 0.6 is 0 Å². The van der Waals surface area contributed by atoms with Crippen LogP contribution in [0.4, 0.5) is 0 Å². The molecule has 0 aliphatic carbocycles. The molecule has 0 unspecified atom stereocenters. The van der Waals surface area contributed by atoms with Crippen LogP contribution in [0.15, 0.2) is 11.6 Å². The van der Waals surface area contributed by atoms with Crippen LogP contribution in [0, 0.1) is 0 Å². The van der Waals surface area contributed by atoms with Crippen molar-refractivity contribution < 1.29 is 4.74 Å². The summed E-state index contributed by atoms with van der Waals surface area (Å²) in [5.41, 5.74) is 1.37. The summed E-state index contributed by atoms with van der Waals surface area (Å²) in [6.45, 7) is 7.20. The number of methoxy groups -OCH3 is 1. The Morgan fingerprint density at radius 1 is 1.33 bits per heavy atom. The summed E-state index contributed by atoms with van der Waals surface area (Å²) < 4.78 is 4.95. The molecule has 2 nitrogen and oxygen atoms in total. The van der Waals surface area contributed by atoms with E-state index in [1.165, 1.54) is 12.0 Å². The Morgan fingerprint density at radius 2 is 2.08 bits per heavy atom. The van der Waals surface area contributed by atoms with Gasteiger partial charge in [-0.1, -0.05) is 11.6 Å². The predicted molar refractivity (Wildman–Crippen MR) is 53.4 cm³/mol. The number of unbranched alkanes of at least 4 members (excludes halogenated alkanes) is 1. The van der Waals surface area contributed by atoms with E-state index in [0.29, 0.717) is 0 Å². The minimum atomic E-state index is 0.879. The number of ether oxygens (including phenoxy) is 1. The highest BCUT2D eigenvalue weighted by atomic mass is 16.5. The summed E-state index contributed by atoms with van der Waals surface area (Å²) in [5.74, 6) is 0. The molecule has 1 N–H and O–H groups in total. The molecule has 2 heteroatoms. The molecule has 0 amide bonds. The van der Waals surface area contributed by atoms with Gasteiger partial charge < -0.3 is 10.1 Å². The summed E-state index contributed by atoms with van der Waals surface area (Å²) in [5, 5.41) is 3.34. The smallest absolute Gasteiger partial charge is 0.0462 e. The normalized spacial score (nSPS) is 9.92. The number of hydrogen-bond acceptors (Lipinski definition) is 2. The molecule has 0 heterocycles. The summed E-state index contributed by atoms with van der Waals surface area (Å²) in [6, 6.07) is 0. The maximum absolute atomic E-state index is 4.95. The van der Waals surface area contributed by atoms with Crippen molar-refractivity contribution in [2.75, 3.05) is 26.8 Å². The van der Waals surface area contributed by atoms with E-state index in [0.717, 1.165) is 26.1 Å². The van der Waals surface area contributed by atoms with Crippen molar-refractivity contribution in [3.05, 3.63) is 11.6 Å². The first kappa shape index (κ1) is 11.7. The SMILES string of the molecule is COCCCCNCC=C(C)C. The molecule has 0 saturated heterocycles. The van der Waals surface area contributed by atoms with Crippen molar-refractivity contribution in [3.8, 4) is 0 Å². The molecule has 0 rings (SSSR count). The van der Waals surface area contributed by atoms with Gasteiger partial charge in [-0.05, 0) is 33.2 Å². The van der Waals surface area contributed by atoms with E-state index in [1.807, 2.05) is 0 Å². The Morgan fingerprint density at radius 3 is 2.67 bits per heavy atom. The minimum absolute atomic E-state index is 0.879. The molecule has 0 radical (unpaired) electrons. The molecule has 0 aromatic rings. The Hall–Kier alpha value is -0.340. The van der Waals surface area contributed by atoms with E-state index in [-0.39, 0.29) is 0 Å². The van der Waals surface area contributed by atoms with Gasteiger partial charge in [0, 0.05) is 20.3 Å². The fourth-order valence-corrected chi connectivity index (χ4v) is 0.875. The molecule has 0 aromatic heterocycles. The fraction of sp³-hybridized carbons (Fsp3) is 0.800. The van der Waals surface area contributed by atoms with E-state index in [9.17, 15) is 0 Å². The third-order valence-corrected chi connectivity index (χ3v) is 1.61. The van der Waals surface area contributed by atoms with E-state index in [1.54, 1.807) is 7.11 Å². The fourth-order valence-electron chi connectivity index (χ4n) is 0.875. The first-order valence-electron chi connectivity index (χ1n) is 4.60. The van der Waals surface area contributed by atoms with Gasteiger partial charge in [-0.15, -0.1) is 0 Å². The molecule has 0 spiro atoms. The number of allylic oxidation sites excluding steroid dienone is 1. The molecule has 0 fully saturated rings. The number of hydrogen-bond donors (Lipinski definition) is 1. The van der Waals surface area contributed by atoms with Crippen LogP contribution in [0.3, 0.4) is 0 Å². The molecule has 0 aliphatic heterocycles. The lowest BCUT2D eigenvalue weighted by Gasteiger charge is -2.01. The van der Waals surface area contributed by atoms with Crippen LogP contribution < -0.4 is 5.32 Å². The zero-order chi connectivity index (χ0) is 9.23. The number of nitrogens with one attached hydrogen (secondary N) is 1. The van der Waals surface area contributed by atoms with E-state index in [2.05, 4.69) is 25.2 Å². The largest absolute Gasteiger partial charge is 0.385 e. The van der Waals surface area contributed by atoms with Crippen molar-refractivity contribution in [3.63, 3.8) is 0 Å². The van der Waals surface area contributed by atoms with Crippen LogP contribution in [-0.4, -0.2) is 26.8 Å². The lowest BCUT2D eigenvalue weighted by molar-refractivity contribution is 0.193. The average molecular weight is 171 g/mol. The highest BCUT2D eigenvalue weighted by Gasteiger charge is 1.86. The summed E-state index contributed by atoms with van der Waals surface area (Å²) >= 11 is 0. The highest BCUT2D eigenvalue weighted by molar-refractivity contribution is 4.94. The van der Waals surface area contributed by atoms with Gasteiger partial charge in [-0.25, -0.2) is 0 Å². The monoisotopic (exact) mass is 171 g/mol. The standard InChI is InChI=1S/C10H21NO/c1-10(2)6-8-11-7-4-5-9-12-3/h6,11H,4-5,7-9H2,1-3H3. The van der Waals surface area contributed by atoms with Crippen molar-refractivity contribution >= 4 is 0 Å². The average Bonchev–Trinajstić information content (AvgIpc) is 2.02. The third kappa shape index (κ3) is 9.66. The lowest BCUT2D eigenvalue weighted by Crippen LogP contribution is -2.15. The van der Waals surface area contributed by atoms with Crippen LogP contribution in [-0.2, 0) is 4.74 Å². The molecule has 72 valence electrons. The van der Waals surface area contributed by atoms with Gasteiger partial charge in [0.05, 0.1) is 0 Å². The molecule has 0 bridgehead atoms. The molecule has 0 aromatic carbocycles. The first-order valence-corrected chi connectivity index (χ1v) is 4.60. The maximum Gasteiger partial charge on any atom is 0.0462 e. The van der Waals surface area contributed by atoms with Crippen molar-refractivity contribution in [2.24, 2.45) is 0 Å². The zero-order valence-electron chi connectivity index (χ0n) is 8.52. The summed E-state index contributed by atoms with van der Waals surface area (Å²) in [7, 11) is 1.75. The molecule has 0 atom stereocenters. The third-order valence-electron chi connectivity index (χ3n) is 1.61. The zero-order valence-corrected chi connectivity index (χ0v) is 8.52. The van der Waals surface area contributed by atoms with E-state index < -0.39 is 0 Å². The van der Waals surface area contributed by atoms with Crippen molar-refractivity contribution in [2.45, 2.75) is 26.7 Å². The molecule has 12 heavy (non-hydrogen) atoms. The van der Waals surface area contributed by atoms with Gasteiger partial charge in [0.2, 0.25) is 0 Å². The Kier molecular flexibility index (Phi) is 8.51. The van der Waals surface area contributed by atoms with Gasteiger partial charge in [0.1, 0.15) is 0 Å². The molecule has 0 aliphatic rings. The topological polar surface area (TPSA) is 21.3 Å². The number of rotatable bonds is 7. The quantitative estimate of drug-likeness (QED) is 0.467. The van der Waals surface area contributed by atoms with Crippen molar-refractivity contribution in [1.29, 1.82) is 0 Å². The van der Waals surface area contributed by atoms with Gasteiger partial charge in [-0.3, -0.25) is 0 Å². The van der Waals surface area contributed by atoms with Crippen LogP contribution in [0.5, 0.6) is 0 Å². The molecular formula is C10H21NO. The second kappa shape index (κ2) is 8.75. The van der Waals surface area contributed by atoms with Crippen molar-refractivity contribution in [1.82, 2.24) is 5.32 Å². The van der Waals surface area contributed by atoms with Gasteiger partial charge in [-0.2, -0.15) is 0 Å². The van der Waals surface area contributed by atoms with Crippen LogP contribution in [0.2, 0.25) is 0 Å². The Balaban J connectivity index is 2.96. The van der Waals surface area contributed by atoms with E-state index >= 15 is 0 Å². The summed E-state index contributed by atoms with van der Waals surface area (Å²) in [6.07, 6.45) is 4.55. The second-order valence-electron chi connectivity index (χ2n) is 3.19. The maximum atomic E-state index is 4.95. The molecular weight excluding hydrogens is 150 g/mol. The van der Waals surface area contributed by atoms with Gasteiger partial charge in [0.25, 0.3) is 0 Å². The second-order valence-corrected chi connectivity index (χ2v) is 3.19.